The summed E-state index contributed by atoms with van der Waals surface area (Å²) in [4.78, 5) is 44.0. The molecule has 2 N–H and O–H groups in total. The summed E-state index contributed by atoms with van der Waals surface area (Å²) in [5, 5.41) is 2.74. The SMILES string of the molecule is CCC(=C1C(=O)Nc2ccc(CN3C(=O)CSC3=O)cc21)c1cc(CN2CCOCC2)c[nH]1.Cl. The summed E-state index contributed by atoms with van der Waals surface area (Å²) in [7, 11) is 0. The molecule has 2 saturated heterocycles. The van der Waals surface area contributed by atoms with E-state index in [4.69, 9.17) is 4.74 Å². The second-order valence-corrected chi connectivity index (χ2v) is 9.31. The van der Waals surface area contributed by atoms with Gasteiger partial charge in [0.1, 0.15) is 0 Å². The molecule has 0 atom stereocenters. The van der Waals surface area contributed by atoms with E-state index >= 15 is 0 Å². The van der Waals surface area contributed by atoms with Gasteiger partial charge in [-0.15, -0.1) is 12.4 Å². The van der Waals surface area contributed by atoms with Crippen LogP contribution in [0, 0.1) is 0 Å². The number of nitrogens with zero attached hydrogens (tertiary/aromatic N) is 2. The number of fused-ring (bicyclic) bond motifs is 1. The number of rotatable bonds is 6. The zero-order valence-corrected chi connectivity index (χ0v) is 20.5. The van der Waals surface area contributed by atoms with Crippen molar-refractivity contribution in [1.82, 2.24) is 14.8 Å². The number of H-pyrrole nitrogens is 1. The van der Waals surface area contributed by atoms with Crippen LogP contribution in [0.25, 0.3) is 11.1 Å². The van der Waals surface area contributed by atoms with Crippen LogP contribution < -0.4 is 5.32 Å². The fourth-order valence-corrected chi connectivity index (χ4v) is 5.28. The first-order valence-electron chi connectivity index (χ1n) is 11.2. The molecule has 3 aliphatic heterocycles. The van der Waals surface area contributed by atoms with Crippen LogP contribution in [-0.4, -0.2) is 63.9 Å². The summed E-state index contributed by atoms with van der Waals surface area (Å²) in [6.45, 7) is 6.45. The number of amides is 3. The van der Waals surface area contributed by atoms with Crippen molar-refractivity contribution in [2.45, 2.75) is 26.4 Å². The standard InChI is InChI=1S/C24H26N4O4S.ClH/c1-2-17(20-10-16(11-25-20)12-27-5-7-32-8-6-27)22-18-9-15(3-4-19(18)26-23(22)30)13-28-21(29)14-33-24(28)31;/h3-4,9-11,25H,2,5-8,12-14H2,1H3,(H,26,30);1H. The topological polar surface area (TPSA) is 94.7 Å². The molecular weight excluding hydrogens is 476 g/mol. The number of halogens is 1. The number of hydrogen-bond acceptors (Lipinski definition) is 6. The molecule has 1 aromatic heterocycles. The summed E-state index contributed by atoms with van der Waals surface area (Å²) in [5.74, 6) is -0.120. The average molecular weight is 503 g/mol. The Morgan fingerprint density at radius 3 is 2.59 bits per heavy atom. The average Bonchev–Trinajstić information content (AvgIpc) is 3.49. The first kappa shape index (κ1) is 24.5. The third-order valence-corrected chi connectivity index (χ3v) is 7.10. The Hall–Kier alpha value is -2.59. The molecule has 2 fully saturated rings. The Morgan fingerprint density at radius 2 is 1.88 bits per heavy atom. The minimum atomic E-state index is -0.223. The molecule has 1 aromatic carbocycles. The molecule has 4 heterocycles. The fourth-order valence-electron chi connectivity index (χ4n) is 4.55. The fraction of sp³-hybridized carbons (Fsp3) is 0.375. The van der Waals surface area contributed by atoms with Gasteiger partial charge >= 0.3 is 0 Å². The van der Waals surface area contributed by atoms with Crippen molar-refractivity contribution in [2.24, 2.45) is 0 Å². The summed E-state index contributed by atoms with van der Waals surface area (Å²) >= 11 is 1.03. The van der Waals surface area contributed by atoms with Gasteiger partial charge < -0.3 is 15.0 Å². The molecule has 0 aliphatic carbocycles. The normalized spacial score (nSPS) is 19.8. The predicted molar refractivity (Wildman–Crippen MR) is 135 cm³/mol. The predicted octanol–water partition coefficient (Wildman–Crippen LogP) is 3.74. The number of imide groups is 1. The lowest BCUT2D eigenvalue weighted by Crippen LogP contribution is -2.35. The summed E-state index contributed by atoms with van der Waals surface area (Å²) in [5.41, 5.74) is 6.08. The van der Waals surface area contributed by atoms with Crippen LogP contribution in [0.1, 0.15) is 35.7 Å². The van der Waals surface area contributed by atoms with Crippen molar-refractivity contribution in [3.8, 4) is 0 Å². The molecule has 10 heteroatoms. The lowest BCUT2D eigenvalue weighted by atomic mass is 9.95. The quantitative estimate of drug-likeness (QED) is 0.584. The van der Waals surface area contributed by atoms with Crippen molar-refractivity contribution in [1.29, 1.82) is 0 Å². The molecule has 0 spiro atoms. The van der Waals surface area contributed by atoms with Gasteiger partial charge in [0.25, 0.3) is 11.1 Å². The Morgan fingerprint density at radius 1 is 1.09 bits per heavy atom. The van der Waals surface area contributed by atoms with E-state index in [1.165, 1.54) is 10.5 Å². The van der Waals surface area contributed by atoms with Gasteiger partial charge in [0, 0.05) is 42.8 Å². The van der Waals surface area contributed by atoms with Crippen molar-refractivity contribution < 1.29 is 19.1 Å². The molecule has 180 valence electrons. The minimum Gasteiger partial charge on any atom is -0.379 e. The van der Waals surface area contributed by atoms with Gasteiger partial charge in [-0.1, -0.05) is 24.8 Å². The molecule has 0 saturated carbocycles. The van der Waals surface area contributed by atoms with Crippen LogP contribution in [-0.2, 0) is 27.4 Å². The van der Waals surface area contributed by atoms with Gasteiger partial charge in [-0.25, -0.2) is 0 Å². The molecule has 3 aliphatic rings. The molecule has 0 bridgehead atoms. The Labute approximate surface area is 208 Å². The van der Waals surface area contributed by atoms with Crippen molar-refractivity contribution in [2.75, 3.05) is 37.4 Å². The lowest BCUT2D eigenvalue weighted by molar-refractivity contribution is -0.125. The van der Waals surface area contributed by atoms with Gasteiger partial charge in [0.2, 0.25) is 5.91 Å². The number of aromatic nitrogens is 1. The zero-order chi connectivity index (χ0) is 22.9. The van der Waals surface area contributed by atoms with E-state index in [1.54, 1.807) is 0 Å². The number of thioether (sulfide) groups is 1. The first-order valence-corrected chi connectivity index (χ1v) is 12.1. The van der Waals surface area contributed by atoms with Crippen molar-refractivity contribution in [3.05, 3.63) is 52.8 Å². The lowest BCUT2D eigenvalue weighted by Gasteiger charge is -2.26. The molecule has 0 unspecified atom stereocenters. The van der Waals surface area contributed by atoms with Gasteiger partial charge in [0.05, 0.1) is 31.1 Å². The number of morpholine rings is 1. The van der Waals surface area contributed by atoms with E-state index in [-0.39, 0.29) is 41.8 Å². The molecule has 8 nitrogen and oxygen atoms in total. The highest BCUT2D eigenvalue weighted by Crippen LogP contribution is 2.39. The van der Waals surface area contributed by atoms with Crippen molar-refractivity contribution >= 4 is 58.1 Å². The highest BCUT2D eigenvalue weighted by molar-refractivity contribution is 8.14. The number of allylic oxidation sites excluding steroid dienone is 1. The number of nitrogens with one attached hydrogen (secondary N) is 2. The molecule has 5 rings (SSSR count). The second kappa shape index (κ2) is 10.4. The summed E-state index contributed by atoms with van der Waals surface area (Å²) < 4.78 is 5.43. The van der Waals surface area contributed by atoms with E-state index in [9.17, 15) is 14.4 Å². The van der Waals surface area contributed by atoms with Crippen LogP contribution in [0.4, 0.5) is 10.5 Å². The van der Waals surface area contributed by atoms with Crippen LogP contribution >= 0.6 is 24.2 Å². The van der Waals surface area contributed by atoms with Gasteiger partial charge in [-0.3, -0.25) is 24.2 Å². The number of benzene rings is 1. The number of ether oxygens (including phenoxy) is 1. The van der Waals surface area contributed by atoms with Gasteiger partial charge in [-0.05, 0) is 41.3 Å². The molecule has 3 amide bonds. The maximum atomic E-state index is 13.0. The van der Waals surface area contributed by atoms with E-state index in [1.807, 2.05) is 31.3 Å². The maximum absolute atomic E-state index is 13.0. The molecule has 0 radical (unpaired) electrons. The molecule has 2 aromatic rings. The Kier molecular flexibility index (Phi) is 7.47. The van der Waals surface area contributed by atoms with Crippen LogP contribution in [0.3, 0.4) is 0 Å². The monoisotopic (exact) mass is 502 g/mol. The molecular formula is C24H27ClN4O4S. The van der Waals surface area contributed by atoms with E-state index in [0.29, 0.717) is 12.0 Å². The van der Waals surface area contributed by atoms with E-state index in [2.05, 4.69) is 21.3 Å². The number of anilines is 1. The molecule has 34 heavy (non-hydrogen) atoms. The zero-order valence-electron chi connectivity index (χ0n) is 18.9. The van der Waals surface area contributed by atoms with Crippen LogP contribution in [0.15, 0.2) is 30.5 Å². The van der Waals surface area contributed by atoms with Crippen LogP contribution in [0.2, 0.25) is 0 Å². The number of carbonyl (C=O) groups is 3. The maximum Gasteiger partial charge on any atom is 0.289 e. The minimum absolute atomic E-state index is 0. The third kappa shape index (κ3) is 4.79. The van der Waals surface area contributed by atoms with E-state index < -0.39 is 0 Å². The van der Waals surface area contributed by atoms with Crippen molar-refractivity contribution in [3.63, 3.8) is 0 Å². The largest absolute Gasteiger partial charge is 0.379 e. The summed E-state index contributed by atoms with van der Waals surface area (Å²) in [6.07, 6.45) is 2.69. The Balaban J connectivity index is 0.00000274. The first-order chi connectivity index (χ1) is 16.0. The Bertz CT molecular complexity index is 1140. The van der Waals surface area contributed by atoms with E-state index in [0.717, 1.165) is 72.7 Å². The third-order valence-electron chi connectivity index (χ3n) is 6.24. The highest BCUT2D eigenvalue weighted by Gasteiger charge is 2.32. The summed E-state index contributed by atoms with van der Waals surface area (Å²) in [6, 6.07) is 7.74. The van der Waals surface area contributed by atoms with Crippen LogP contribution in [0.5, 0.6) is 0 Å². The number of hydrogen-bond donors (Lipinski definition) is 2. The second-order valence-electron chi connectivity index (χ2n) is 8.39. The van der Waals surface area contributed by atoms with Gasteiger partial charge in [-0.2, -0.15) is 0 Å². The highest BCUT2D eigenvalue weighted by atomic mass is 35.5. The smallest absolute Gasteiger partial charge is 0.289 e. The number of carbonyl (C=O) groups excluding carboxylic acids is 3. The van der Waals surface area contributed by atoms with Gasteiger partial charge in [0.15, 0.2) is 0 Å². The number of aromatic amines is 1.